The molecule has 1 aliphatic heterocycles. The molecule has 2 heterocycles. The lowest BCUT2D eigenvalue weighted by molar-refractivity contribution is 0.248. The first-order valence-electron chi connectivity index (χ1n) is 6.16. The van der Waals surface area contributed by atoms with E-state index < -0.39 is 0 Å². The molecule has 1 aliphatic rings. The van der Waals surface area contributed by atoms with Gasteiger partial charge in [-0.25, -0.2) is 4.39 Å². The summed E-state index contributed by atoms with van der Waals surface area (Å²) in [5.41, 5.74) is 0.675. The van der Waals surface area contributed by atoms with Gasteiger partial charge in [-0.1, -0.05) is 0 Å². The Morgan fingerprint density at radius 2 is 2.44 bits per heavy atom. The molecule has 0 spiro atoms. The van der Waals surface area contributed by atoms with E-state index in [1.54, 1.807) is 6.07 Å². The lowest BCUT2D eigenvalue weighted by atomic mass is 10.1. The van der Waals surface area contributed by atoms with E-state index >= 15 is 0 Å². The van der Waals surface area contributed by atoms with Crippen molar-refractivity contribution in [2.24, 2.45) is 5.92 Å². The number of fused-ring (bicyclic) bond motifs is 1. The number of ether oxygens (including phenoxy) is 1. The standard InChI is InChI=1S/C13H16FN3O/c1-17-3-2-9(7-17)8-18-10-4-12(14)11-6-15-16-13(11)5-10/h4-6,9H,2-3,7-8H2,1H3,(H,15,16). The fraction of sp³-hybridized carbons (Fsp3) is 0.462. The predicted octanol–water partition coefficient (Wildman–Crippen LogP) is 2.03. The molecular weight excluding hydrogens is 233 g/mol. The molecule has 0 bridgehead atoms. The molecule has 1 N–H and O–H groups in total. The van der Waals surface area contributed by atoms with Crippen LogP contribution in [0.5, 0.6) is 5.75 Å². The summed E-state index contributed by atoms with van der Waals surface area (Å²) in [6, 6.07) is 3.22. The minimum atomic E-state index is -0.292. The zero-order chi connectivity index (χ0) is 12.5. The molecule has 0 amide bonds. The molecule has 4 nitrogen and oxygen atoms in total. The Labute approximate surface area is 105 Å². The first kappa shape index (κ1) is 11.5. The highest BCUT2D eigenvalue weighted by atomic mass is 19.1. The van der Waals surface area contributed by atoms with Crippen LogP contribution in [0.3, 0.4) is 0 Å². The van der Waals surface area contributed by atoms with Gasteiger partial charge in [-0.15, -0.1) is 0 Å². The van der Waals surface area contributed by atoms with Gasteiger partial charge in [0.15, 0.2) is 0 Å². The maximum atomic E-state index is 13.7. The number of halogens is 1. The average molecular weight is 249 g/mol. The van der Waals surface area contributed by atoms with E-state index in [4.69, 9.17) is 4.74 Å². The summed E-state index contributed by atoms with van der Waals surface area (Å²) in [5, 5.41) is 7.08. The van der Waals surface area contributed by atoms with Gasteiger partial charge in [0.25, 0.3) is 0 Å². The van der Waals surface area contributed by atoms with E-state index in [9.17, 15) is 4.39 Å². The van der Waals surface area contributed by atoms with Crippen LogP contribution in [0.1, 0.15) is 6.42 Å². The Morgan fingerprint density at radius 1 is 1.56 bits per heavy atom. The average Bonchev–Trinajstić information content (AvgIpc) is 2.95. The number of nitrogens with zero attached hydrogens (tertiary/aromatic N) is 2. The number of benzene rings is 1. The smallest absolute Gasteiger partial charge is 0.137 e. The summed E-state index contributed by atoms with van der Waals surface area (Å²) in [7, 11) is 2.11. The van der Waals surface area contributed by atoms with E-state index in [1.807, 2.05) is 0 Å². The largest absolute Gasteiger partial charge is 0.493 e. The molecule has 1 saturated heterocycles. The van der Waals surface area contributed by atoms with Gasteiger partial charge >= 0.3 is 0 Å². The van der Waals surface area contributed by atoms with Crippen molar-refractivity contribution in [1.82, 2.24) is 15.1 Å². The Balaban J connectivity index is 1.70. The molecular formula is C13H16FN3O. The highest BCUT2D eigenvalue weighted by molar-refractivity contribution is 5.80. The fourth-order valence-electron chi connectivity index (χ4n) is 2.44. The molecule has 2 aromatic rings. The van der Waals surface area contributed by atoms with Crippen molar-refractivity contribution in [2.45, 2.75) is 6.42 Å². The van der Waals surface area contributed by atoms with Crippen LogP contribution in [0.15, 0.2) is 18.3 Å². The first-order valence-corrected chi connectivity index (χ1v) is 6.16. The third-order valence-electron chi connectivity index (χ3n) is 3.46. The SMILES string of the molecule is CN1CCC(COc2cc(F)c3cn[nH]c3c2)C1. The molecule has 0 aliphatic carbocycles. The minimum Gasteiger partial charge on any atom is -0.493 e. The highest BCUT2D eigenvalue weighted by Gasteiger charge is 2.20. The van der Waals surface area contributed by atoms with Gasteiger partial charge in [0.1, 0.15) is 11.6 Å². The number of aromatic nitrogens is 2. The van der Waals surface area contributed by atoms with E-state index in [0.717, 1.165) is 19.5 Å². The minimum absolute atomic E-state index is 0.292. The summed E-state index contributed by atoms with van der Waals surface area (Å²) >= 11 is 0. The van der Waals surface area contributed by atoms with Crippen LogP contribution >= 0.6 is 0 Å². The van der Waals surface area contributed by atoms with Crippen molar-refractivity contribution in [3.05, 3.63) is 24.1 Å². The van der Waals surface area contributed by atoms with Gasteiger partial charge in [-0.3, -0.25) is 5.10 Å². The molecule has 18 heavy (non-hydrogen) atoms. The molecule has 1 fully saturated rings. The van der Waals surface area contributed by atoms with Gasteiger partial charge in [-0.05, 0) is 20.0 Å². The molecule has 3 rings (SSSR count). The zero-order valence-corrected chi connectivity index (χ0v) is 10.3. The first-order chi connectivity index (χ1) is 8.72. The van der Waals surface area contributed by atoms with Crippen LogP contribution in [0.2, 0.25) is 0 Å². The van der Waals surface area contributed by atoms with Crippen molar-refractivity contribution in [3.63, 3.8) is 0 Å². The molecule has 0 radical (unpaired) electrons. The Hall–Kier alpha value is -1.62. The van der Waals surface area contributed by atoms with E-state index in [0.29, 0.717) is 29.2 Å². The third-order valence-corrected chi connectivity index (χ3v) is 3.46. The third kappa shape index (κ3) is 2.18. The van der Waals surface area contributed by atoms with Gasteiger partial charge in [0.2, 0.25) is 0 Å². The molecule has 1 aromatic heterocycles. The van der Waals surface area contributed by atoms with Crippen LogP contribution in [-0.2, 0) is 0 Å². The fourth-order valence-corrected chi connectivity index (χ4v) is 2.44. The van der Waals surface area contributed by atoms with E-state index in [2.05, 4.69) is 22.1 Å². The second-order valence-electron chi connectivity index (χ2n) is 4.96. The number of aromatic amines is 1. The molecule has 1 aromatic carbocycles. The number of rotatable bonds is 3. The molecule has 96 valence electrons. The molecule has 1 unspecified atom stereocenters. The zero-order valence-electron chi connectivity index (χ0n) is 10.3. The van der Waals surface area contributed by atoms with Crippen LogP contribution in [0.25, 0.3) is 10.9 Å². The quantitative estimate of drug-likeness (QED) is 0.905. The summed E-state index contributed by atoms with van der Waals surface area (Å²) in [5.74, 6) is 0.814. The monoisotopic (exact) mass is 249 g/mol. The van der Waals surface area contributed by atoms with Crippen molar-refractivity contribution < 1.29 is 9.13 Å². The number of H-pyrrole nitrogens is 1. The van der Waals surface area contributed by atoms with E-state index in [1.165, 1.54) is 12.3 Å². The van der Waals surface area contributed by atoms with Crippen LogP contribution in [-0.4, -0.2) is 41.8 Å². The number of hydrogen-bond acceptors (Lipinski definition) is 3. The Kier molecular flexibility index (Phi) is 2.91. The van der Waals surface area contributed by atoms with Crippen molar-refractivity contribution in [1.29, 1.82) is 0 Å². The van der Waals surface area contributed by atoms with E-state index in [-0.39, 0.29) is 5.82 Å². The van der Waals surface area contributed by atoms with Crippen LogP contribution < -0.4 is 4.74 Å². The van der Waals surface area contributed by atoms with Crippen LogP contribution in [0.4, 0.5) is 4.39 Å². The van der Waals surface area contributed by atoms with Crippen molar-refractivity contribution in [2.75, 3.05) is 26.7 Å². The normalized spacial score (nSPS) is 20.7. The van der Waals surface area contributed by atoms with Crippen molar-refractivity contribution >= 4 is 10.9 Å². The highest BCUT2D eigenvalue weighted by Crippen LogP contribution is 2.24. The van der Waals surface area contributed by atoms with Gasteiger partial charge in [0, 0.05) is 24.6 Å². The number of hydrogen-bond donors (Lipinski definition) is 1. The topological polar surface area (TPSA) is 41.1 Å². The summed E-state index contributed by atoms with van der Waals surface area (Å²) in [6.45, 7) is 2.81. The lowest BCUT2D eigenvalue weighted by Crippen LogP contribution is -2.17. The molecule has 1 atom stereocenters. The second kappa shape index (κ2) is 4.57. The molecule has 0 saturated carbocycles. The summed E-state index contributed by atoms with van der Waals surface area (Å²) in [6.07, 6.45) is 2.63. The predicted molar refractivity (Wildman–Crippen MR) is 67.2 cm³/mol. The summed E-state index contributed by atoms with van der Waals surface area (Å²) in [4.78, 5) is 2.28. The van der Waals surface area contributed by atoms with Gasteiger partial charge < -0.3 is 9.64 Å². The van der Waals surface area contributed by atoms with Crippen molar-refractivity contribution in [3.8, 4) is 5.75 Å². The second-order valence-corrected chi connectivity index (χ2v) is 4.96. The maximum Gasteiger partial charge on any atom is 0.137 e. The lowest BCUT2D eigenvalue weighted by Gasteiger charge is -2.12. The Bertz CT molecular complexity index is 554. The van der Waals surface area contributed by atoms with Crippen LogP contribution in [0, 0.1) is 11.7 Å². The maximum absolute atomic E-state index is 13.7. The number of nitrogens with one attached hydrogen (secondary N) is 1. The number of likely N-dealkylation sites (tertiary alicyclic amines) is 1. The Morgan fingerprint density at radius 3 is 3.22 bits per heavy atom. The summed E-state index contributed by atoms with van der Waals surface area (Å²) < 4.78 is 19.4. The van der Waals surface area contributed by atoms with Gasteiger partial charge in [-0.2, -0.15) is 5.10 Å². The molecule has 5 heteroatoms. The van der Waals surface area contributed by atoms with Gasteiger partial charge in [0.05, 0.1) is 23.7 Å².